The summed E-state index contributed by atoms with van der Waals surface area (Å²) in [5.41, 5.74) is 7.34. The molecule has 0 amide bonds. The van der Waals surface area contributed by atoms with E-state index < -0.39 is 11.6 Å². The molecule has 1 aromatic heterocycles. The van der Waals surface area contributed by atoms with Crippen LogP contribution in [0.2, 0.25) is 0 Å². The largest absolute Gasteiger partial charge is 0.472 e. The normalized spacial score (nSPS) is 10.8. The quantitative estimate of drug-likeness (QED) is 0.644. The molecule has 0 aliphatic carbocycles. The van der Waals surface area contributed by atoms with Crippen LogP contribution in [0.5, 0.6) is 5.88 Å². The lowest BCUT2D eigenvalue weighted by Crippen LogP contribution is -2.22. The highest BCUT2D eigenvalue weighted by atomic mass is 79.9. The van der Waals surface area contributed by atoms with Crippen LogP contribution in [0.4, 0.5) is 8.78 Å². The zero-order chi connectivity index (χ0) is 19.4. The molecule has 3 rings (SSSR count). The third-order valence-electron chi connectivity index (χ3n) is 3.91. The molecule has 0 aliphatic rings. The highest BCUT2D eigenvalue weighted by molar-refractivity contribution is 9.10. The predicted octanol–water partition coefficient (Wildman–Crippen LogP) is 3.37. The van der Waals surface area contributed by atoms with E-state index in [0.29, 0.717) is 13.1 Å². The number of halogens is 3. The maximum atomic E-state index is 13.7. The van der Waals surface area contributed by atoms with Gasteiger partial charge in [-0.15, -0.1) is 0 Å². The van der Waals surface area contributed by atoms with Crippen LogP contribution >= 0.6 is 15.9 Å². The molecule has 0 bridgehead atoms. The summed E-state index contributed by atoms with van der Waals surface area (Å²) >= 11 is 3.18. The molecule has 0 aliphatic heterocycles. The third kappa shape index (κ3) is 4.58. The van der Waals surface area contributed by atoms with Gasteiger partial charge in [0.25, 0.3) is 5.56 Å². The van der Waals surface area contributed by atoms with E-state index in [4.69, 9.17) is 10.5 Å². The first-order valence-corrected chi connectivity index (χ1v) is 8.87. The molecule has 0 spiro atoms. The van der Waals surface area contributed by atoms with Crippen LogP contribution in [0.1, 0.15) is 16.7 Å². The van der Waals surface area contributed by atoms with E-state index in [2.05, 4.69) is 20.9 Å². The minimum atomic E-state index is -0.723. The van der Waals surface area contributed by atoms with Gasteiger partial charge in [-0.3, -0.25) is 9.36 Å². The lowest BCUT2D eigenvalue weighted by atomic mass is 10.1. The van der Waals surface area contributed by atoms with Crippen LogP contribution in [0.3, 0.4) is 0 Å². The fourth-order valence-electron chi connectivity index (χ4n) is 2.50. The van der Waals surface area contributed by atoms with Gasteiger partial charge in [-0.05, 0) is 39.2 Å². The Bertz CT molecular complexity index is 1020. The topological polar surface area (TPSA) is 70.1 Å². The maximum absolute atomic E-state index is 13.7. The summed E-state index contributed by atoms with van der Waals surface area (Å²) in [5.74, 6) is -1.35. The van der Waals surface area contributed by atoms with E-state index in [-0.39, 0.29) is 28.1 Å². The van der Waals surface area contributed by atoms with Gasteiger partial charge in [0.05, 0.1) is 6.54 Å². The van der Waals surface area contributed by atoms with Gasteiger partial charge < -0.3 is 10.5 Å². The molecule has 0 radical (unpaired) electrons. The molecule has 8 heteroatoms. The van der Waals surface area contributed by atoms with E-state index in [0.717, 1.165) is 23.3 Å². The molecule has 0 saturated carbocycles. The highest BCUT2D eigenvalue weighted by Gasteiger charge is 2.12. The zero-order valence-corrected chi connectivity index (χ0v) is 15.7. The van der Waals surface area contributed by atoms with Crippen LogP contribution in [0, 0.1) is 11.6 Å². The van der Waals surface area contributed by atoms with E-state index >= 15 is 0 Å². The average molecular weight is 436 g/mol. The Morgan fingerprint density at radius 2 is 1.93 bits per heavy atom. The van der Waals surface area contributed by atoms with Gasteiger partial charge >= 0.3 is 0 Å². The number of hydrogen-bond acceptors (Lipinski definition) is 4. The fourth-order valence-corrected chi connectivity index (χ4v) is 2.94. The molecule has 2 N–H and O–H groups in total. The first-order valence-electron chi connectivity index (χ1n) is 8.07. The molecule has 0 atom stereocenters. The van der Waals surface area contributed by atoms with Crippen LogP contribution in [-0.4, -0.2) is 9.55 Å². The summed E-state index contributed by atoms with van der Waals surface area (Å²) in [4.78, 5) is 16.6. The third-order valence-corrected chi connectivity index (χ3v) is 4.59. The van der Waals surface area contributed by atoms with Crippen molar-refractivity contribution in [2.24, 2.45) is 5.73 Å². The van der Waals surface area contributed by atoms with Crippen molar-refractivity contribution < 1.29 is 13.5 Å². The zero-order valence-electron chi connectivity index (χ0n) is 14.2. The Morgan fingerprint density at radius 3 is 2.67 bits per heavy atom. The predicted molar refractivity (Wildman–Crippen MR) is 100 cm³/mol. The lowest BCUT2D eigenvalue weighted by Gasteiger charge is -2.11. The summed E-state index contributed by atoms with van der Waals surface area (Å²) in [5, 5.41) is 0. The summed E-state index contributed by atoms with van der Waals surface area (Å²) in [6, 6.07) is 10.8. The van der Waals surface area contributed by atoms with E-state index in [1.54, 1.807) is 0 Å². The number of hydrogen-bond donors (Lipinski definition) is 1. The standard InChI is InChI=1S/C19H16BrF2N3O2/c20-17-18(27-10-14-4-5-15(21)7-16(14)22)24-11-25(19(17)26)9-13-3-1-2-12(6-13)8-23/h1-7,11H,8-10,23H2. The second kappa shape index (κ2) is 8.41. The smallest absolute Gasteiger partial charge is 0.271 e. The maximum Gasteiger partial charge on any atom is 0.271 e. The van der Waals surface area contributed by atoms with E-state index in [9.17, 15) is 13.6 Å². The van der Waals surface area contributed by atoms with Crippen LogP contribution in [0.15, 0.2) is 58.1 Å². The Balaban J connectivity index is 1.77. The van der Waals surface area contributed by atoms with Gasteiger partial charge in [-0.1, -0.05) is 24.3 Å². The van der Waals surface area contributed by atoms with Crippen LogP contribution in [-0.2, 0) is 19.7 Å². The summed E-state index contributed by atoms with van der Waals surface area (Å²) < 4.78 is 33.6. The molecule has 0 unspecified atom stereocenters. The van der Waals surface area contributed by atoms with Crippen molar-refractivity contribution in [2.75, 3.05) is 0 Å². The molecule has 2 aromatic carbocycles. The van der Waals surface area contributed by atoms with Crippen molar-refractivity contribution in [1.29, 1.82) is 0 Å². The molecular weight excluding hydrogens is 420 g/mol. The van der Waals surface area contributed by atoms with Crippen LogP contribution in [0.25, 0.3) is 0 Å². The number of benzene rings is 2. The number of nitrogens with zero attached hydrogens (tertiary/aromatic N) is 2. The van der Waals surface area contributed by atoms with Crippen molar-refractivity contribution >= 4 is 15.9 Å². The first-order chi connectivity index (χ1) is 13.0. The molecule has 140 valence electrons. The molecule has 5 nitrogen and oxygen atoms in total. The number of rotatable bonds is 6. The van der Waals surface area contributed by atoms with Crippen molar-refractivity contribution in [3.8, 4) is 5.88 Å². The minimum absolute atomic E-state index is 0.0377. The number of aromatic nitrogens is 2. The number of ether oxygens (including phenoxy) is 1. The second-order valence-electron chi connectivity index (χ2n) is 5.85. The highest BCUT2D eigenvalue weighted by Crippen LogP contribution is 2.20. The van der Waals surface area contributed by atoms with Gasteiger partial charge in [0.2, 0.25) is 5.88 Å². The Labute approximate surface area is 162 Å². The Hall–Kier alpha value is -2.58. The minimum Gasteiger partial charge on any atom is -0.472 e. The average Bonchev–Trinajstić information content (AvgIpc) is 2.66. The van der Waals surface area contributed by atoms with Crippen molar-refractivity contribution in [1.82, 2.24) is 9.55 Å². The molecular formula is C19H16BrF2N3O2. The summed E-state index contributed by atoms with van der Waals surface area (Å²) in [6.07, 6.45) is 1.36. The summed E-state index contributed by atoms with van der Waals surface area (Å²) in [7, 11) is 0. The van der Waals surface area contributed by atoms with Crippen molar-refractivity contribution in [3.05, 3.63) is 91.9 Å². The first kappa shape index (κ1) is 19.2. The molecule has 27 heavy (non-hydrogen) atoms. The Morgan fingerprint density at radius 1 is 1.15 bits per heavy atom. The van der Waals surface area contributed by atoms with E-state index in [1.807, 2.05) is 24.3 Å². The van der Waals surface area contributed by atoms with Gasteiger partial charge in [-0.25, -0.2) is 13.8 Å². The van der Waals surface area contributed by atoms with Gasteiger partial charge in [0, 0.05) is 18.2 Å². The van der Waals surface area contributed by atoms with Crippen molar-refractivity contribution in [3.63, 3.8) is 0 Å². The van der Waals surface area contributed by atoms with Gasteiger partial charge in [0.1, 0.15) is 29.0 Å². The van der Waals surface area contributed by atoms with Crippen LogP contribution < -0.4 is 16.0 Å². The van der Waals surface area contributed by atoms with E-state index in [1.165, 1.54) is 17.0 Å². The molecule has 0 saturated heterocycles. The number of nitrogens with two attached hydrogens (primary N) is 1. The second-order valence-corrected chi connectivity index (χ2v) is 6.64. The SMILES string of the molecule is NCc1cccc(Cn2cnc(OCc3ccc(F)cc3F)c(Br)c2=O)c1. The van der Waals surface area contributed by atoms with Gasteiger partial charge in [-0.2, -0.15) is 0 Å². The van der Waals surface area contributed by atoms with Crippen molar-refractivity contribution in [2.45, 2.75) is 19.7 Å². The monoisotopic (exact) mass is 435 g/mol. The molecule has 0 fully saturated rings. The molecule has 3 aromatic rings. The lowest BCUT2D eigenvalue weighted by molar-refractivity contribution is 0.283. The fraction of sp³-hybridized carbons (Fsp3) is 0.158. The van der Waals surface area contributed by atoms with Gasteiger partial charge in [0.15, 0.2) is 0 Å². The Kier molecular flexibility index (Phi) is 5.98. The molecule has 1 heterocycles. The summed E-state index contributed by atoms with van der Waals surface area (Å²) in [6.45, 7) is 0.558.